The van der Waals surface area contributed by atoms with Crippen LogP contribution in [0.5, 0.6) is 0 Å². The number of H-pyrrole nitrogens is 1. The van der Waals surface area contributed by atoms with Crippen LogP contribution in [0.3, 0.4) is 0 Å². The number of aromatic nitrogens is 4. The van der Waals surface area contributed by atoms with Crippen LogP contribution in [0.15, 0.2) is 54.9 Å². The first-order valence-electron chi connectivity index (χ1n) is 8.98. The normalized spacial score (nSPS) is 10.6. The Balaban J connectivity index is 1.33. The van der Waals surface area contributed by atoms with Gasteiger partial charge in [0.1, 0.15) is 23.5 Å². The monoisotopic (exact) mass is 369 g/mol. The molecule has 0 radical (unpaired) electrons. The van der Waals surface area contributed by atoms with Gasteiger partial charge in [-0.3, -0.25) is 0 Å². The number of nitriles is 1. The molecule has 28 heavy (non-hydrogen) atoms. The molecule has 0 atom stereocenters. The summed E-state index contributed by atoms with van der Waals surface area (Å²) in [4.78, 5) is 16.6. The van der Waals surface area contributed by atoms with E-state index in [4.69, 9.17) is 5.26 Å². The van der Waals surface area contributed by atoms with E-state index in [-0.39, 0.29) is 0 Å². The van der Waals surface area contributed by atoms with E-state index in [0.29, 0.717) is 18.7 Å². The minimum absolute atomic E-state index is 0.549. The first kappa shape index (κ1) is 17.5. The number of imidazole rings is 1. The molecule has 4 aromatic rings. The lowest BCUT2D eigenvalue weighted by molar-refractivity contribution is 1.04. The van der Waals surface area contributed by atoms with Crippen molar-refractivity contribution in [2.24, 2.45) is 0 Å². The van der Waals surface area contributed by atoms with Gasteiger partial charge < -0.3 is 15.6 Å². The lowest BCUT2D eigenvalue weighted by Crippen LogP contribution is -2.14. The molecule has 3 aromatic heterocycles. The first-order chi connectivity index (χ1) is 13.7. The molecular weight excluding hydrogens is 350 g/mol. The Hall–Kier alpha value is -3.92. The molecule has 3 heterocycles. The van der Waals surface area contributed by atoms with Gasteiger partial charge in [0.05, 0.1) is 16.6 Å². The van der Waals surface area contributed by atoms with E-state index in [2.05, 4.69) is 55.7 Å². The molecule has 138 valence electrons. The average Bonchev–Trinajstić information content (AvgIpc) is 3.15. The number of aromatic amines is 1. The van der Waals surface area contributed by atoms with Gasteiger partial charge >= 0.3 is 0 Å². The third-order valence-corrected chi connectivity index (χ3v) is 4.30. The number of nitrogens with one attached hydrogen (secondary N) is 3. The van der Waals surface area contributed by atoms with Crippen LogP contribution < -0.4 is 10.6 Å². The maximum Gasteiger partial charge on any atom is 0.140 e. The number of benzene rings is 1. The standard InChI is InChI=1S/C21H19N7/c1-14-2-5-17-18(10-14)28-21(27-17)16-4-7-20(26-13-16)24-9-8-23-19-6-3-15(11-22)12-25-19/h2-7,10,12-13H,8-9H2,1H3,(H,23,25)(H,24,26)(H,27,28). The highest BCUT2D eigenvalue weighted by Gasteiger charge is 2.06. The molecule has 1 aromatic carbocycles. The molecule has 7 nitrogen and oxygen atoms in total. The minimum Gasteiger partial charge on any atom is -0.368 e. The second kappa shape index (κ2) is 7.76. The average molecular weight is 369 g/mol. The first-order valence-corrected chi connectivity index (χ1v) is 8.98. The summed E-state index contributed by atoms with van der Waals surface area (Å²) >= 11 is 0. The molecule has 0 aliphatic carbocycles. The number of rotatable bonds is 6. The van der Waals surface area contributed by atoms with Crippen LogP contribution in [-0.2, 0) is 0 Å². The van der Waals surface area contributed by atoms with Crippen molar-refractivity contribution in [2.45, 2.75) is 6.92 Å². The molecule has 7 heteroatoms. The van der Waals surface area contributed by atoms with Crippen LogP contribution >= 0.6 is 0 Å². The van der Waals surface area contributed by atoms with E-state index in [9.17, 15) is 0 Å². The predicted molar refractivity (Wildman–Crippen MR) is 110 cm³/mol. The Morgan fingerprint density at radius 2 is 1.71 bits per heavy atom. The van der Waals surface area contributed by atoms with Crippen LogP contribution in [-0.4, -0.2) is 33.0 Å². The molecule has 0 aliphatic rings. The van der Waals surface area contributed by atoms with Crippen molar-refractivity contribution in [1.82, 2.24) is 19.9 Å². The van der Waals surface area contributed by atoms with Crippen LogP contribution in [0, 0.1) is 18.3 Å². The Morgan fingerprint density at radius 3 is 2.36 bits per heavy atom. The SMILES string of the molecule is Cc1ccc2nc(-c3ccc(NCCNc4ccc(C#N)cn4)nc3)[nH]c2c1. The molecule has 0 amide bonds. The molecule has 4 rings (SSSR count). The molecule has 0 saturated carbocycles. The largest absolute Gasteiger partial charge is 0.368 e. The van der Waals surface area contributed by atoms with Crippen molar-refractivity contribution in [3.63, 3.8) is 0 Å². The van der Waals surface area contributed by atoms with Crippen molar-refractivity contribution < 1.29 is 0 Å². The summed E-state index contributed by atoms with van der Waals surface area (Å²) in [6.07, 6.45) is 3.36. The second-order valence-electron chi connectivity index (χ2n) is 6.44. The number of nitrogens with zero attached hydrogens (tertiary/aromatic N) is 4. The van der Waals surface area contributed by atoms with Gasteiger partial charge in [0, 0.05) is 31.0 Å². The molecule has 0 unspecified atom stereocenters. The summed E-state index contributed by atoms with van der Waals surface area (Å²) < 4.78 is 0. The van der Waals surface area contributed by atoms with Crippen molar-refractivity contribution in [2.75, 3.05) is 23.7 Å². The highest BCUT2D eigenvalue weighted by atomic mass is 15.0. The molecule has 0 spiro atoms. The summed E-state index contributed by atoms with van der Waals surface area (Å²) in [7, 11) is 0. The highest BCUT2D eigenvalue weighted by Crippen LogP contribution is 2.21. The fraction of sp³-hybridized carbons (Fsp3) is 0.143. The molecule has 0 fully saturated rings. The van der Waals surface area contributed by atoms with Crippen LogP contribution in [0.2, 0.25) is 0 Å². The topological polar surface area (TPSA) is 102 Å². The van der Waals surface area contributed by atoms with E-state index < -0.39 is 0 Å². The van der Waals surface area contributed by atoms with Crippen molar-refractivity contribution in [3.8, 4) is 17.5 Å². The fourth-order valence-electron chi connectivity index (χ4n) is 2.84. The summed E-state index contributed by atoms with van der Waals surface area (Å²) in [5.41, 5.74) is 4.67. The van der Waals surface area contributed by atoms with E-state index in [0.717, 1.165) is 34.1 Å². The van der Waals surface area contributed by atoms with Gasteiger partial charge in [0.25, 0.3) is 0 Å². The Kier molecular flexibility index (Phi) is 4.85. The van der Waals surface area contributed by atoms with E-state index in [1.807, 2.05) is 24.4 Å². The van der Waals surface area contributed by atoms with Crippen molar-refractivity contribution >= 4 is 22.7 Å². The van der Waals surface area contributed by atoms with Gasteiger partial charge in [-0.25, -0.2) is 15.0 Å². The van der Waals surface area contributed by atoms with Crippen molar-refractivity contribution in [1.29, 1.82) is 5.26 Å². The highest BCUT2D eigenvalue weighted by molar-refractivity contribution is 5.79. The third-order valence-electron chi connectivity index (χ3n) is 4.30. The lowest BCUT2D eigenvalue weighted by atomic mass is 10.2. The Bertz CT molecular complexity index is 1120. The van der Waals surface area contributed by atoms with Gasteiger partial charge in [-0.05, 0) is 48.9 Å². The number of aryl methyl sites for hydroxylation is 1. The van der Waals surface area contributed by atoms with Crippen molar-refractivity contribution in [3.05, 3.63) is 66.0 Å². The smallest absolute Gasteiger partial charge is 0.140 e. The maximum absolute atomic E-state index is 8.78. The zero-order chi connectivity index (χ0) is 19.3. The molecular formula is C21H19N7. The Labute approximate surface area is 162 Å². The summed E-state index contributed by atoms with van der Waals surface area (Å²) in [6, 6.07) is 15.7. The summed E-state index contributed by atoms with van der Waals surface area (Å²) in [5.74, 6) is 2.35. The fourth-order valence-corrected chi connectivity index (χ4v) is 2.84. The zero-order valence-electron chi connectivity index (χ0n) is 15.4. The third kappa shape index (κ3) is 3.91. The van der Waals surface area contributed by atoms with Gasteiger partial charge in [0.2, 0.25) is 0 Å². The second-order valence-corrected chi connectivity index (χ2v) is 6.44. The predicted octanol–water partition coefficient (Wildman–Crippen LogP) is 3.72. The summed E-state index contributed by atoms with van der Waals surface area (Å²) in [6.45, 7) is 3.44. The quantitative estimate of drug-likeness (QED) is 0.448. The lowest BCUT2D eigenvalue weighted by Gasteiger charge is -2.08. The van der Waals surface area contributed by atoms with E-state index >= 15 is 0 Å². The number of pyridine rings is 2. The zero-order valence-corrected chi connectivity index (χ0v) is 15.4. The number of hydrogen-bond acceptors (Lipinski definition) is 6. The molecule has 0 aliphatic heterocycles. The molecule has 0 bridgehead atoms. The minimum atomic E-state index is 0.549. The molecule has 0 saturated heterocycles. The molecule has 3 N–H and O–H groups in total. The Morgan fingerprint density at radius 1 is 0.964 bits per heavy atom. The van der Waals surface area contributed by atoms with Gasteiger partial charge in [-0.2, -0.15) is 5.26 Å². The van der Waals surface area contributed by atoms with E-state index in [1.165, 1.54) is 5.56 Å². The van der Waals surface area contributed by atoms with Gasteiger partial charge in [-0.1, -0.05) is 6.07 Å². The van der Waals surface area contributed by atoms with E-state index in [1.54, 1.807) is 18.3 Å². The van der Waals surface area contributed by atoms with Crippen LogP contribution in [0.4, 0.5) is 11.6 Å². The van der Waals surface area contributed by atoms with Crippen LogP contribution in [0.25, 0.3) is 22.4 Å². The number of anilines is 2. The van der Waals surface area contributed by atoms with Gasteiger partial charge in [-0.15, -0.1) is 0 Å². The maximum atomic E-state index is 8.78. The number of fused-ring (bicyclic) bond motifs is 1. The van der Waals surface area contributed by atoms with Gasteiger partial charge in [0.15, 0.2) is 0 Å². The summed E-state index contributed by atoms with van der Waals surface area (Å²) in [5, 5.41) is 15.2. The number of hydrogen-bond donors (Lipinski definition) is 3. The van der Waals surface area contributed by atoms with Crippen LogP contribution in [0.1, 0.15) is 11.1 Å².